The summed E-state index contributed by atoms with van der Waals surface area (Å²) in [4.78, 5) is 42.3. The smallest absolute Gasteiger partial charge is 0.228 e. The van der Waals surface area contributed by atoms with Crippen molar-refractivity contribution in [3.63, 3.8) is 0 Å². The molecule has 2 aliphatic rings. The maximum atomic E-state index is 13.3. The van der Waals surface area contributed by atoms with Crippen molar-refractivity contribution in [3.8, 4) is 11.1 Å². The highest BCUT2D eigenvalue weighted by Crippen LogP contribution is 2.38. The van der Waals surface area contributed by atoms with Crippen molar-refractivity contribution < 1.29 is 14.4 Å². The van der Waals surface area contributed by atoms with E-state index in [0.29, 0.717) is 45.6 Å². The molecule has 0 unspecified atom stereocenters. The third-order valence-electron chi connectivity index (χ3n) is 7.06. The van der Waals surface area contributed by atoms with Gasteiger partial charge in [-0.15, -0.1) is 0 Å². The van der Waals surface area contributed by atoms with E-state index >= 15 is 0 Å². The molecule has 1 N–H and O–H groups in total. The number of carbonyl (C=O) groups is 3. The van der Waals surface area contributed by atoms with Gasteiger partial charge in [0.15, 0.2) is 0 Å². The first kappa shape index (κ1) is 23.0. The summed E-state index contributed by atoms with van der Waals surface area (Å²) in [5, 5.41) is 3.02. The normalized spacial score (nSPS) is 22.6. The Bertz CT molecular complexity index is 1020. The predicted molar refractivity (Wildman–Crippen MR) is 128 cm³/mol. The molecule has 33 heavy (non-hydrogen) atoms. The molecule has 2 atom stereocenters. The number of nitrogens with zero attached hydrogens (tertiary/aromatic N) is 2. The fourth-order valence-electron chi connectivity index (χ4n) is 5.26. The number of carbonyl (C=O) groups excluding carboxylic acids is 3. The Balaban J connectivity index is 1.59. The van der Waals surface area contributed by atoms with Gasteiger partial charge in [0.25, 0.3) is 0 Å². The summed E-state index contributed by atoms with van der Waals surface area (Å²) in [5.74, 6) is -0.261. The first-order valence-electron chi connectivity index (χ1n) is 12.0. The lowest BCUT2D eigenvalue weighted by atomic mass is 9.78. The SMILES string of the molecule is CCNC(=O)[C@@]1(Cc2ccccc2-c2ccccc2)CCN(C(=O)[C@H]2CC(=O)N(CC)C2)C1. The van der Waals surface area contributed by atoms with Gasteiger partial charge in [-0.1, -0.05) is 54.6 Å². The van der Waals surface area contributed by atoms with Crippen molar-refractivity contribution in [2.24, 2.45) is 11.3 Å². The average molecular weight is 448 g/mol. The fourth-order valence-corrected chi connectivity index (χ4v) is 5.26. The first-order chi connectivity index (χ1) is 16.0. The quantitative estimate of drug-likeness (QED) is 0.709. The molecule has 6 nitrogen and oxygen atoms in total. The van der Waals surface area contributed by atoms with Gasteiger partial charge in [0.2, 0.25) is 17.7 Å². The molecule has 3 amide bonds. The molecule has 0 saturated carbocycles. The van der Waals surface area contributed by atoms with Gasteiger partial charge in [-0.2, -0.15) is 0 Å². The van der Waals surface area contributed by atoms with Gasteiger partial charge >= 0.3 is 0 Å². The summed E-state index contributed by atoms with van der Waals surface area (Å²) >= 11 is 0. The Morgan fingerprint density at radius 2 is 1.79 bits per heavy atom. The molecule has 0 aromatic heterocycles. The van der Waals surface area contributed by atoms with Crippen LogP contribution >= 0.6 is 0 Å². The molecule has 4 rings (SSSR count). The topological polar surface area (TPSA) is 69.7 Å². The average Bonchev–Trinajstić information content (AvgIpc) is 3.44. The molecule has 0 radical (unpaired) electrons. The van der Waals surface area contributed by atoms with Crippen LogP contribution in [0.5, 0.6) is 0 Å². The van der Waals surface area contributed by atoms with E-state index in [-0.39, 0.29) is 30.1 Å². The van der Waals surface area contributed by atoms with Crippen LogP contribution in [-0.4, -0.2) is 60.2 Å². The minimum Gasteiger partial charge on any atom is -0.356 e. The second-order valence-electron chi connectivity index (χ2n) is 9.18. The molecule has 0 aliphatic carbocycles. The van der Waals surface area contributed by atoms with Crippen molar-refractivity contribution in [2.75, 3.05) is 32.7 Å². The van der Waals surface area contributed by atoms with E-state index in [1.807, 2.05) is 49.1 Å². The van der Waals surface area contributed by atoms with Crippen LogP contribution in [0.25, 0.3) is 11.1 Å². The minimum atomic E-state index is -0.677. The predicted octanol–water partition coefficient (Wildman–Crippen LogP) is 3.12. The highest BCUT2D eigenvalue weighted by Gasteiger charge is 2.48. The summed E-state index contributed by atoms with van der Waals surface area (Å²) in [6.45, 7) is 6.45. The Hall–Kier alpha value is -3.15. The van der Waals surface area contributed by atoms with Crippen molar-refractivity contribution in [1.82, 2.24) is 15.1 Å². The molecule has 2 saturated heterocycles. The third-order valence-corrected chi connectivity index (χ3v) is 7.06. The monoisotopic (exact) mass is 447 g/mol. The van der Waals surface area contributed by atoms with Crippen molar-refractivity contribution in [1.29, 1.82) is 0 Å². The standard InChI is InChI=1S/C27H33N3O3/c1-3-28-26(33)27(17-21-12-8-9-13-23(21)20-10-6-5-7-11-20)14-15-30(19-27)25(32)22-16-24(31)29(4-2)18-22/h5-13,22H,3-4,14-19H2,1-2H3,(H,28,33)/t22-,27+/m0/s1. The number of likely N-dealkylation sites (tertiary alicyclic amines) is 2. The second-order valence-corrected chi connectivity index (χ2v) is 9.18. The van der Waals surface area contributed by atoms with E-state index in [2.05, 4.69) is 29.6 Å². The van der Waals surface area contributed by atoms with Crippen LogP contribution in [0.3, 0.4) is 0 Å². The molecular weight excluding hydrogens is 414 g/mol. The molecule has 174 valence electrons. The van der Waals surface area contributed by atoms with Crippen molar-refractivity contribution in [2.45, 2.75) is 33.1 Å². The summed E-state index contributed by atoms with van der Waals surface area (Å²) in [7, 11) is 0. The summed E-state index contributed by atoms with van der Waals surface area (Å²) in [6, 6.07) is 18.4. The number of benzene rings is 2. The highest BCUT2D eigenvalue weighted by atomic mass is 16.2. The minimum absolute atomic E-state index is 0.000785. The van der Waals surface area contributed by atoms with E-state index in [4.69, 9.17) is 0 Å². The lowest BCUT2D eigenvalue weighted by Crippen LogP contribution is -2.46. The van der Waals surface area contributed by atoms with E-state index in [1.54, 1.807) is 4.90 Å². The number of amides is 3. The molecule has 2 aromatic carbocycles. The largest absolute Gasteiger partial charge is 0.356 e. The van der Waals surface area contributed by atoms with Crippen LogP contribution in [0.4, 0.5) is 0 Å². The zero-order valence-corrected chi connectivity index (χ0v) is 19.5. The van der Waals surface area contributed by atoms with Gasteiger partial charge in [-0.3, -0.25) is 14.4 Å². The summed E-state index contributed by atoms with van der Waals surface area (Å²) < 4.78 is 0. The van der Waals surface area contributed by atoms with Gasteiger partial charge in [-0.05, 0) is 43.4 Å². The van der Waals surface area contributed by atoms with Gasteiger partial charge in [0.1, 0.15) is 0 Å². The molecule has 6 heteroatoms. The van der Waals surface area contributed by atoms with Gasteiger partial charge in [0.05, 0.1) is 11.3 Å². The number of hydrogen-bond donors (Lipinski definition) is 1. The van der Waals surface area contributed by atoms with E-state index in [1.165, 1.54) is 0 Å². The Kier molecular flexibility index (Phi) is 6.82. The Morgan fingerprint density at radius 1 is 1.06 bits per heavy atom. The molecule has 0 bridgehead atoms. The van der Waals surface area contributed by atoms with Crippen LogP contribution < -0.4 is 5.32 Å². The van der Waals surface area contributed by atoms with Crippen molar-refractivity contribution >= 4 is 17.7 Å². The van der Waals surface area contributed by atoms with Gasteiger partial charge in [0, 0.05) is 39.1 Å². The maximum absolute atomic E-state index is 13.3. The lowest BCUT2D eigenvalue weighted by Gasteiger charge is -2.30. The van der Waals surface area contributed by atoms with Crippen LogP contribution in [-0.2, 0) is 20.8 Å². The number of nitrogens with one attached hydrogen (secondary N) is 1. The lowest BCUT2D eigenvalue weighted by molar-refractivity contribution is -0.136. The maximum Gasteiger partial charge on any atom is 0.228 e. The molecule has 2 aliphatic heterocycles. The van der Waals surface area contributed by atoms with Gasteiger partial charge in [-0.25, -0.2) is 0 Å². The summed E-state index contributed by atoms with van der Waals surface area (Å²) in [5.41, 5.74) is 2.67. The van der Waals surface area contributed by atoms with Crippen LogP contribution in [0, 0.1) is 11.3 Å². The van der Waals surface area contributed by atoms with E-state index < -0.39 is 5.41 Å². The van der Waals surface area contributed by atoms with Crippen LogP contribution in [0.15, 0.2) is 54.6 Å². The number of rotatable bonds is 7. The zero-order valence-electron chi connectivity index (χ0n) is 19.5. The zero-order chi connectivity index (χ0) is 23.4. The summed E-state index contributed by atoms with van der Waals surface area (Å²) in [6.07, 6.45) is 1.46. The van der Waals surface area contributed by atoms with Crippen LogP contribution in [0.1, 0.15) is 32.3 Å². The Labute approximate surface area is 196 Å². The van der Waals surface area contributed by atoms with Crippen molar-refractivity contribution in [3.05, 3.63) is 60.2 Å². The Morgan fingerprint density at radius 3 is 2.48 bits per heavy atom. The van der Waals surface area contributed by atoms with E-state index in [0.717, 1.165) is 16.7 Å². The van der Waals surface area contributed by atoms with Crippen LogP contribution in [0.2, 0.25) is 0 Å². The fraction of sp³-hybridized carbons (Fsp3) is 0.444. The molecule has 2 aromatic rings. The first-order valence-corrected chi connectivity index (χ1v) is 12.0. The molecule has 0 spiro atoms. The number of hydrogen-bond acceptors (Lipinski definition) is 3. The second kappa shape index (κ2) is 9.77. The molecule has 2 fully saturated rings. The molecule has 2 heterocycles. The third kappa shape index (κ3) is 4.65. The van der Waals surface area contributed by atoms with E-state index in [9.17, 15) is 14.4 Å². The highest BCUT2D eigenvalue weighted by molar-refractivity contribution is 5.91. The van der Waals surface area contributed by atoms with Gasteiger partial charge < -0.3 is 15.1 Å². The molecular formula is C27H33N3O3.